The molecule has 0 aliphatic carbocycles. The van der Waals surface area contributed by atoms with E-state index in [-0.39, 0.29) is 18.2 Å². The summed E-state index contributed by atoms with van der Waals surface area (Å²) >= 11 is 3.39. The lowest BCUT2D eigenvalue weighted by atomic mass is 10.2. The number of carbonyl (C=O) groups excluding carboxylic acids is 2. The number of amides is 2. The largest absolute Gasteiger partial charge is 0.340 e. The molecule has 2 amide bonds. The van der Waals surface area contributed by atoms with E-state index < -0.39 is 0 Å². The molecule has 0 N–H and O–H groups in total. The van der Waals surface area contributed by atoms with Gasteiger partial charge in [0.2, 0.25) is 5.91 Å². The van der Waals surface area contributed by atoms with Crippen LogP contribution in [0.15, 0.2) is 28.7 Å². The first-order chi connectivity index (χ1) is 10.1. The van der Waals surface area contributed by atoms with E-state index >= 15 is 0 Å². The van der Waals surface area contributed by atoms with Crippen LogP contribution in [0.1, 0.15) is 23.2 Å². The maximum absolute atomic E-state index is 12.5. The number of benzene rings is 1. The molecule has 0 spiro atoms. The normalized spacial score (nSPS) is 15.2. The molecule has 0 radical (unpaired) electrons. The first kappa shape index (κ1) is 15.5. The van der Waals surface area contributed by atoms with Gasteiger partial charge in [0.15, 0.2) is 0 Å². The Balaban J connectivity index is 2.03. The second-order valence-corrected chi connectivity index (χ2v) is 5.70. The van der Waals surface area contributed by atoms with Crippen molar-refractivity contribution >= 4 is 27.7 Å². The van der Waals surface area contributed by atoms with Gasteiger partial charge in [0.1, 0.15) is 6.42 Å². The van der Waals surface area contributed by atoms with E-state index in [1.165, 1.54) is 0 Å². The number of rotatable bonds is 2. The molecule has 1 aromatic rings. The lowest BCUT2D eigenvalue weighted by Gasteiger charge is -2.22. The molecule has 0 saturated carbocycles. The molecule has 6 heteroatoms. The molecule has 0 atom stereocenters. The Morgan fingerprint density at radius 3 is 2.52 bits per heavy atom. The van der Waals surface area contributed by atoms with Gasteiger partial charge in [-0.05, 0) is 34.5 Å². The molecule has 21 heavy (non-hydrogen) atoms. The molecular weight excluding hydrogens is 334 g/mol. The highest BCUT2D eigenvalue weighted by atomic mass is 79.9. The molecule has 1 heterocycles. The number of nitriles is 1. The summed E-state index contributed by atoms with van der Waals surface area (Å²) in [7, 11) is 0. The van der Waals surface area contributed by atoms with Crippen molar-refractivity contribution in [1.82, 2.24) is 9.80 Å². The van der Waals surface area contributed by atoms with Crippen molar-refractivity contribution in [3.63, 3.8) is 0 Å². The van der Waals surface area contributed by atoms with Crippen LogP contribution in [0.25, 0.3) is 0 Å². The zero-order valence-corrected chi connectivity index (χ0v) is 13.2. The highest BCUT2D eigenvalue weighted by Gasteiger charge is 2.23. The van der Waals surface area contributed by atoms with Crippen molar-refractivity contribution < 1.29 is 9.59 Å². The predicted octanol–water partition coefficient (Wildman–Crippen LogP) is 2.04. The Morgan fingerprint density at radius 2 is 1.81 bits per heavy atom. The summed E-state index contributed by atoms with van der Waals surface area (Å²) in [5, 5.41) is 8.59. The van der Waals surface area contributed by atoms with Crippen LogP contribution >= 0.6 is 15.9 Å². The number of hydrogen-bond acceptors (Lipinski definition) is 3. The van der Waals surface area contributed by atoms with E-state index in [9.17, 15) is 9.59 Å². The van der Waals surface area contributed by atoms with Crippen LogP contribution in [0.4, 0.5) is 0 Å². The maximum Gasteiger partial charge on any atom is 0.255 e. The predicted molar refractivity (Wildman–Crippen MR) is 81.5 cm³/mol. The number of halogens is 1. The Morgan fingerprint density at radius 1 is 1.14 bits per heavy atom. The van der Waals surface area contributed by atoms with Crippen LogP contribution < -0.4 is 0 Å². The minimum absolute atomic E-state index is 0.0305. The summed E-state index contributed by atoms with van der Waals surface area (Å²) in [5.74, 6) is -0.190. The van der Waals surface area contributed by atoms with Crippen LogP contribution in [-0.2, 0) is 4.79 Å². The summed E-state index contributed by atoms with van der Waals surface area (Å²) in [6, 6.07) is 9.20. The second kappa shape index (κ2) is 7.23. The van der Waals surface area contributed by atoms with Gasteiger partial charge < -0.3 is 9.80 Å². The van der Waals surface area contributed by atoms with Crippen LogP contribution in [0.5, 0.6) is 0 Å². The zero-order chi connectivity index (χ0) is 15.2. The first-order valence-electron chi connectivity index (χ1n) is 6.82. The van der Waals surface area contributed by atoms with E-state index in [4.69, 9.17) is 5.26 Å². The highest BCUT2D eigenvalue weighted by Crippen LogP contribution is 2.18. The van der Waals surface area contributed by atoms with Gasteiger partial charge in [-0.25, -0.2) is 0 Å². The van der Waals surface area contributed by atoms with Gasteiger partial charge in [0.25, 0.3) is 5.91 Å². The van der Waals surface area contributed by atoms with Crippen molar-refractivity contribution in [1.29, 1.82) is 5.26 Å². The fourth-order valence-corrected chi connectivity index (χ4v) is 2.81. The Labute approximate surface area is 132 Å². The molecule has 0 bridgehead atoms. The average molecular weight is 350 g/mol. The molecule has 1 aliphatic heterocycles. The lowest BCUT2D eigenvalue weighted by molar-refractivity contribution is -0.129. The van der Waals surface area contributed by atoms with Gasteiger partial charge in [-0.1, -0.05) is 12.1 Å². The van der Waals surface area contributed by atoms with Crippen LogP contribution in [0.2, 0.25) is 0 Å². The molecule has 5 nitrogen and oxygen atoms in total. The monoisotopic (exact) mass is 349 g/mol. The number of hydrogen-bond donors (Lipinski definition) is 0. The van der Waals surface area contributed by atoms with Gasteiger partial charge in [-0.2, -0.15) is 5.26 Å². The summed E-state index contributed by atoms with van der Waals surface area (Å²) < 4.78 is 0.775. The Bertz CT molecular complexity index is 583. The van der Waals surface area contributed by atoms with Gasteiger partial charge in [-0.15, -0.1) is 0 Å². The number of carbonyl (C=O) groups is 2. The fourth-order valence-electron chi connectivity index (χ4n) is 2.35. The molecule has 1 fully saturated rings. The van der Waals surface area contributed by atoms with Crippen molar-refractivity contribution in [3.8, 4) is 6.07 Å². The summed E-state index contributed by atoms with van der Waals surface area (Å²) in [6.07, 6.45) is 0.630. The van der Waals surface area contributed by atoms with E-state index in [0.717, 1.165) is 10.9 Å². The van der Waals surface area contributed by atoms with Crippen molar-refractivity contribution in [2.24, 2.45) is 0 Å². The fraction of sp³-hybridized carbons (Fsp3) is 0.400. The summed E-state index contributed by atoms with van der Waals surface area (Å²) in [5.41, 5.74) is 0.634. The van der Waals surface area contributed by atoms with Gasteiger partial charge in [0, 0.05) is 30.7 Å². The molecule has 1 saturated heterocycles. The zero-order valence-electron chi connectivity index (χ0n) is 11.6. The molecule has 2 rings (SSSR count). The van der Waals surface area contributed by atoms with Gasteiger partial charge in [0.05, 0.1) is 11.6 Å². The third-order valence-corrected chi connectivity index (χ3v) is 4.16. The SMILES string of the molecule is N#CCC(=O)N1CCCN(C(=O)c2ccccc2Br)CC1. The third kappa shape index (κ3) is 3.82. The second-order valence-electron chi connectivity index (χ2n) is 4.84. The van der Waals surface area contributed by atoms with E-state index in [0.29, 0.717) is 31.7 Å². The van der Waals surface area contributed by atoms with Crippen LogP contribution in [0.3, 0.4) is 0 Å². The van der Waals surface area contributed by atoms with E-state index in [1.807, 2.05) is 24.3 Å². The smallest absolute Gasteiger partial charge is 0.255 e. The Hall–Kier alpha value is -1.87. The minimum Gasteiger partial charge on any atom is -0.340 e. The third-order valence-electron chi connectivity index (χ3n) is 3.47. The van der Waals surface area contributed by atoms with Gasteiger partial charge >= 0.3 is 0 Å². The van der Waals surface area contributed by atoms with Crippen LogP contribution in [-0.4, -0.2) is 47.8 Å². The summed E-state index contributed by atoms with van der Waals surface area (Å²) in [4.78, 5) is 27.7. The van der Waals surface area contributed by atoms with Crippen molar-refractivity contribution in [2.45, 2.75) is 12.8 Å². The first-order valence-corrected chi connectivity index (χ1v) is 7.61. The summed E-state index contributed by atoms with van der Waals surface area (Å²) in [6.45, 7) is 2.20. The quantitative estimate of drug-likeness (QED) is 0.820. The van der Waals surface area contributed by atoms with E-state index in [2.05, 4.69) is 15.9 Å². The lowest BCUT2D eigenvalue weighted by Crippen LogP contribution is -2.37. The minimum atomic E-state index is -0.160. The van der Waals surface area contributed by atoms with E-state index in [1.54, 1.807) is 15.9 Å². The highest BCUT2D eigenvalue weighted by molar-refractivity contribution is 9.10. The van der Waals surface area contributed by atoms with Crippen LogP contribution in [0, 0.1) is 11.3 Å². The average Bonchev–Trinajstić information content (AvgIpc) is 2.73. The molecule has 110 valence electrons. The van der Waals surface area contributed by atoms with Gasteiger partial charge in [-0.3, -0.25) is 9.59 Å². The molecule has 1 aliphatic rings. The van der Waals surface area contributed by atoms with Crippen molar-refractivity contribution in [3.05, 3.63) is 34.3 Å². The molecular formula is C15H16BrN3O2. The molecule has 1 aromatic carbocycles. The molecule has 0 unspecified atom stereocenters. The maximum atomic E-state index is 12.5. The topological polar surface area (TPSA) is 64.4 Å². The van der Waals surface area contributed by atoms with Crippen molar-refractivity contribution in [2.75, 3.05) is 26.2 Å². The number of nitrogens with zero attached hydrogens (tertiary/aromatic N) is 3. The standard InChI is InChI=1S/C15H16BrN3O2/c16-13-5-2-1-4-12(13)15(21)19-9-3-8-18(10-11-19)14(20)6-7-17/h1-2,4-5H,3,6,8-11H2. The molecule has 0 aromatic heterocycles. The Kier molecular flexibility index (Phi) is 5.34.